The van der Waals surface area contributed by atoms with Crippen molar-refractivity contribution in [3.05, 3.63) is 59.8 Å². The fraction of sp³-hybridized carbons (Fsp3) is 0.486. The number of carbonyl (C=O) groups is 7. The molecule has 1 aromatic carbocycles. The molecule has 15 nitrogen and oxygen atoms in total. The van der Waals surface area contributed by atoms with E-state index < -0.39 is 70.9 Å². The Morgan fingerprint density at radius 1 is 0.942 bits per heavy atom. The summed E-state index contributed by atoms with van der Waals surface area (Å²) in [5.74, 6) is -4.68. The zero-order chi connectivity index (χ0) is 39.1. The van der Waals surface area contributed by atoms with E-state index in [0.29, 0.717) is 0 Å². The van der Waals surface area contributed by atoms with Crippen LogP contribution >= 0.6 is 0 Å². The number of hydrogen-bond donors (Lipinski definition) is 5. The van der Waals surface area contributed by atoms with E-state index in [2.05, 4.69) is 21.3 Å². The third-order valence-electron chi connectivity index (χ3n) is 9.20. The number of para-hydroxylation sites is 1. The molecule has 52 heavy (non-hydrogen) atoms. The van der Waals surface area contributed by atoms with E-state index >= 15 is 0 Å². The summed E-state index contributed by atoms with van der Waals surface area (Å²) in [6.45, 7) is 10.6. The first-order valence-corrected chi connectivity index (χ1v) is 17.0. The van der Waals surface area contributed by atoms with Gasteiger partial charge in [0.05, 0.1) is 12.5 Å². The average molecular weight is 722 g/mol. The van der Waals surface area contributed by atoms with Crippen LogP contribution in [0, 0.1) is 5.41 Å². The molecule has 0 radical (unpaired) electrons. The van der Waals surface area contributed by atoms with Gasteiger partial charge in [0.2, 0.25) is 23.6 Å². The number of nitrogens with one attached hydrogen (secondary N) is 4. The van der Waals surface area contributed by atoms with Gasteiger partial charge < -0.3 is 35.8 Å². The zero-order valence-electron chi connectivity index (χ0n) is 31.3. The van der Waals surface area contributed by atoms with Crippen molar-refractivity contribution in [3.8, 4) is 0 Å². The number of aromatic nitrogens is 1. The van der Waals surface area contributed by atoms with Crippen LogP contribution in [0.2, 0.25) is 0 Å². The molecule has 1 unspecified atom stereocenters. The van der Waals surface area contributed by atoms with E-state index in [4.69, 9.17) is 0 Å². The summed E-state index contributed by atoms with van der Waals surface area (Å²) in [4.78, 5) is 90.7. The smallest absolute Gasteiger partial charge is 0.305 e. The number of amides is 6. The molecule has 0 fully saturated rings. The number of hydrogen-bond acceptors (Lipinski definition) is 8. The Labute approximate surface area is 303 Å². The molecule has 282 valence electrons. The van der Waals surface area contributed by atoms with Gasteiger partial charge in [0.15, 0.2) is 0 Å². The molecule has 6 amide bonds. The molecule has 3 rings (SSSR count). The van der Waals surface area contributed by atoms with Crippen molar-refractivity contribution in [3.63, 3.8) is 0 Å². The summed E-state index contributed by atoms with van der Waals surface area (Å²) >= 11 is 0. The molecule has 1 aliphatic rings. The van der Waals surface area contributed by atoms with Crippen LogP contribution in [0.5, 0.6) is 0 Å². The van der Waals surface area contributed by atoms with Gasteiger partial charge in [-0.3, -0.25) is 38.5 Å². The SMILES string of the molecule is CN[C@H](C(=O)NC(C(=O)N(C)C/C=C(\C)C(=O)N[C@H](CC(=O)O)C(=O)NCCN1C(=O)C=CC1=O)C(C)(C)C)C(C)(C)c1cn(C)c2ccccc12. The van der Waals surface area contributed by atoms with Gasteiger partial charge in [-0.2, -0.15) is 0 Å². The monoisotopic (exact) mass is 721 g/mol. The van der Waals surface area contributed by atoms with Crippen molar-refractivity contribution < 1.29 is 38.7 Å². The van der Waals surface area contributed by atoms with E-state index in [0.717, 1.165) is 33.5 Å². The highest BCUT2D eigenvalue weighted by molar-refractivity contribution is 6.12. The van der Waals surface area contributed by atoms with Gasteiger partial charge in [-0.25, -0.2) is 0 Å². The summed E-state index contributed by atoms with van der Waals surface area (Å²) in [7, 11) is 5.20. The highest BCUT2D eigenvalue weighted by atomic mass is 16.4. The lowest BCUT2D eigenvalue weighted by Gasteiger charge is -2.38. The second kappa shape index (κ2) is 16.8. The molecule has 1 aliphatic heterocycles. The zero-order valence-corrected chi connectivity index (χ0v) is 31.3. The summed E-state index contributed by atoms with van der Waals surface area (Å²) in [6, 6.07) is 4.87. The number of aryl methyl sites for hydroxylation is 1. The molecule has 15 heteroatoms. The topological polar surface area (TPSA) is 199 Å². The van der Waals surface area contributed by atoms with Crippen molar-refractivity contribution in [2.45, 2.75) is 71.5 Å². The molecule has 0 spiro atoms. The number of benzene rings is 1. The van der Waals surface area contributed by atoms with E-state index in [-0.39, 0.29) is 31.1 Å². The largest absolute Gasteiger partial charge is 0.481 e. The fourth-order valence-corrected chi connectivity index (χ4v) is 6.10. The highest BCUT2D eigenvalue weighted by Crippen LogP contribution is 2.35. The van der Waals surface area contributed by atoms with Gasteiger partial charge in [-0.05, 0) is 31.0 Å². The average Bonchev–Trinajstić information content (AvgIpc) is 3.58. The van der Waals surface area contributed by atoms with Crippen LogP contribution in [0.4, 0.5) is 0 Å². The van der Waals surface area contributed by atoms with Crippen molar-refractivity contribution in [2.75, 3.05) is 33.7 Å². The summed E-state index contributed by atoms with van der Waals surface area (Å²) < 4.78 is 2.02. The number of nitrogens with zero attached hydrogens (tertiary/aromatic N) is 3. The summed E-state index contributed by atoms with van der Waals surface area (Å²) in [6.07, 6.45) is 4.96. The van der Waals surface area contributed by atoms with Crippen LogP contribution in [-0.4, -0.2) is 113 Å². The second-order valence-corrected chi connectivity index (χ2v) is 14.6. The van der Waals surface area contributed by atoms with Gasteiger partial charge in [-0.15, -0.1) is 0 Å². The molecule has 0 aliphatic carbocycles. The Balaban J connectivity index is 1.68. The molecule has 2 heterocycles. The molecule has 3 atom stereocenters. The third kappa shape index (κ3) is 9.72. The first-order chi connectivity index (χ1) is 24.2. The van der Waals surface area contributed by atoms with Crippen molar-refractivity contribution in [1.29, 1.82) is 0 Å². The third-order valence-corrected chi connectivity index (χ3v) is 9.20. The maximum Gasteiger partial charge on any atom is 0.305 e. The number of likely N-dealkylation sites (N-methyl/N-ethyl adjacent to an activating group) is 2. The Kier molecular flexibility index (Phi) is 13.3. The maximum absolute atomic E-state index is 13.9. The Morgan fingerprint density at radius 3 is 2.13 bits per heavy atom. The van der Waals surface area contributed by atoms with Gasteiger partial charge in [-0.1, -0.05) is 58.9 Å². The van der Waals surface area contributed by atoms with Gasteiger partial charge in [0.1, 0.15) is 12.1 Å². The number of fused-ring (bicyclic) bond motifs is 1. The normalized spacial score (nSPS) is 15.3. The number of carbonyl (C=O) groups excluding carboxylic acids is 6. The molecule has 0 saturated carbocycles. The van der Waals surface area contributed by atoms with Crippen molar-refractivity contribution >= 4 is 52.3 Å². The van der Waals surface area contributed by atoms with E-state index in [1.165, 1.54) is 24.9 Å². The quantitative estimate of drug-likeness (QED) is 0.124. The van der Waals surface area contributed by atoms with E-state index in [9.17, 15) is 38.7 Å². The number of carboxylic acid groups (broad SMARTS) is 1. The predicted molar refractivity (Wildman–Crippen MR) is 195 cm³/mol. The van der Waals surface area contributed by atoms with E-state index in [1.807, 2.05) is 76.7 Å². The molecular formula is C37H51N7O8. The molecular weight excluding hydrogens is 670 g/mol. The van der Waals surface area contributed by atoms with E-state index in [1.54, 1.807) is 7.05 Å². The van der Waals surface area contributed by atoms with Crippen LogP contribution < -0.4 is 21.3 Å². The first kappa shape index (κ1) is 41.1. The van der Waals surface area contributed by atoms with Crippen LogP contribution in [0.15, 0.2) is 54.3 Å². The van der Waals surface area contributed by atoms with Crippen LogP contribution in [0.1, 0.15) is 53.5 Å². The molecule has 2 aromatic rings. The molecule has 0 saturated heterocycles. The molecule has 0 bridgehead atoms. The van der Waals surface area contributed by atoms with Crippen molar-refractivity contribution in [1.82, 2.24) is 35.6 Å². The number of imide groups is 1. The lowest BCUT2D eigenvalue weighted by molar-refractivity contribution is -0.140. The number of rotatable bonds is 16. The lowest BCUT2D eigenvalue weighted by Crippen LogP contribution is -2.60. The minimum atomic E-state index is -1.45. The summed E-state index contributed by atoms with van der Waals surface area (Å²) in [5, 5.41) is 21.3. The Hall–Kier alpha value is -5.31. The Bertz CT molecular complexity index is 1770. The lowest BCUT2D eigenvalue weighted by atomic mass is 9.76. The second-order valence-electron chi connectivity index (χ2n) is 14.6. The first-order valence-electron chi connectivity index (χ1n) is 17.0. The number of carboxylic acids is 1. The molecule has 1 aromatic heterocycles. The Morgan fingerprint density at radius 2 is 1.56 bits per heavy atom. The number of aliphatic carboxylic acids is 1. The molecule has 5 N–H and O–H groups in total. The maximum atomic E-state index is 13.9. The van der Waals surface area contributed by atoms with Gasteiger partial charge in [0, 0.05) is 74.0 Å². The minimum absolute atomic E-state index is 0.0286. The standard InChI is InChI=1S/C37H51N7O8/c1-22(32(49)40-25(20-29(47)48)33(50)39-17-19-44-27(45)14-15-28(44)46)16-18-42(8)35(52)31(36(2,3)4)41-34(51)30(38-7)37(5,6)24-21-43(9)26-13-11-10-12-23(24)26/h10-16,21,25,30-31,38H,17-20H2,1-9H3,(H,39,50)(H,40,49)(H,41,51)(H,47,48)/b22-16+/t25-,30-,31?/m1/s1. The van der Waals surface area contributed by atoms with Crippen LogP contribution in [-0.2, 0) is 46.0 Å². The predicted octanol–water partition coefficient (Wildman–Crippen LogP) is 0.980. The van der Waals surface area contributed by atoms with Crippen LogP contribution in [0.25, 0.3) is 10.9 Å². The van der Waals surface area contributed by atoms with Gasteiger partial charge in [0.25, 0.3) is 11.8 Å². The van der Waals surface area contributed by atoms with Crippen molar-refractivity contribution in [2.24, 2.45) is 12.5 Å². The minimum Gasteiger partial charge on any atom is -0.481 e. The summed E-state index contributed by atoms with van der Waals surface area (Å²) in [5.41, 5.74) is 0.758. The van der Waals surface area contributed by atoms with Crippen LogP contribution in [0.3, 0.4) is 0 Å². The highest BCUT2D eigenvalue weighted by Gasteiger charge is 2.41. The van der Waals surface area contributed by atoms with Gasteiger partial charge >= 0.3 is 5.97 Å². The fourth-order valence-electron chi connectivity index (χ4n) is 6.10.